The molecular weight excluding hydrogens is 311 g/mol. The molecule has 0 radical (unpaired) electrons. The minimum Gasteiger partial charge on any atom is -0.380 e. The van der Waals surface area contributed by atoms with E-state index in [2.05, 4.69) is 25.1 Å². The summed E-state index contributed by atoms with van der Waals surface area (Å²) in [6, 6.07) is 4.50. The molecule has 0 spiro atoms. The van der Waals surface area contributed by atoms with E-state index in [-0.39, 0.29) is 18.0 Å². The Bertz CT molecular complexity index is 882. The molecule has 7 nitrogen and oxygen atoms in total. The van der Waals surface area contributed by atoms with E-state index < -0.39 is 0 Å². The minimum atomic E-state index is -0.309. The first kappa shape index (κ1) is 14.9. The van der Waals surface area contributed by atoms with Crippen molar-refractivity contribution in [1.82, 2.24) is 24.7 Å². The molecule has 2 atom stereocenters. The van der Waals surface area contributed by atoms with Crippen LogP contribution in [0.5, 0.6) is 0 Å². The van der Waals surface area contributed by atoms with E-state index in [1.165, 1.54) is 18.5 Å². The number of benzene rings is 1. The Morgan fingerprint density at radius 1 is 1.29 bits per heavy atom. The lowest BCUT2D eigenvalue weighted by Crippen LogP contribution is -2.27. The van der Waals surface area contributed by atoms with Crippen LogP contribution < -0.4 is 4.90 Å². The number of hydrogen-bond donors (Lipinski definition) is 0. The van der Waals surface area contributed by atoms with Gasteiger partial charge in [0.25, 0.3) is 0 Å². The summed E-state index contributed by atoms with van der Waals surface area (Å²) in [7, 11) is 3.60. The molecule has 1 aliphatic heterocycles. The maximum atomic E-state index is 13.8. The highest BCUT2D eigenvalue weighted by Crippen LogP contribution is 2.37. The Balaban J connectivity index is 1.84. The molecule has 124 valence electrons. The van der Waals surface area contributed by atoms with E-state index in [0.717, 1.165) is 12.2 Å². The Morgan fingerprint density at radius 2 is 2.17 bits per heavy atom. The van der Waals surface area contributed by atoms with Gasteiger partial charge in [-0.05, 0) is 18.2 Å². The van der Waals surface area contributed by atoms with Gasteiger partial charge in [-0.3, -0.25) is 0 Å². The zero-order valence-electron chi connectivity index (χ0n) is 13.4. The molecule has 0 amide bonds. The van der Waals surface area contributed by atoms with Crippen LogP contribution in [0.15, 0.2) is 30.9 Å². The second kappa shape index (κ2) is 5.79. The topological polar surface area (TPSA) is 69.0 Å². The van der Waals surface area contributed by atoms with Crippen molar-refractivity contribution in [3.8, 4) is 0 Å². The molecule has 3 heterocycles. The number of aromatic nitrogens is 5. The van der Waals surface area contributed by atoms with Gasteiger partial charge in [0, 0.05) is 32.5 Å². The van der Waals surface area contributed by atoms with Crippen molar-refractivity contribution in [3.63, 3.8) is 0 Å². The molecule has 0 saturated carbocycles. The molecule has 8 heteroatoms. The molecule has 1 aromatic carbocycles. The predicted molar refractivity (Wildman–Crippen MR) is 86.0 cm³/mol. The highest BCUT2D eigenvalue weighted by Gasteiger charge is 2.37. The molecule has 24 heavy (non-hydrogen) atoms. The third kappa shape index (κ3) is 2.39. The third-order valence-electron chi connectivity index (χ3n) is 4.49. The van der Waals surface area contributed by atoms with E-state index in [4.69, 9.17) is 4.74 Å². The van der Waals surface area contributed by atoms with Gasteiger partial charge in [0.05, 0.1) is 17.7 Å². The summed E-state index contributed by atoms with van der Waals surface area (Å²) < 4.78 is 21.2. The van der Waals surface area contributed by atoms with E-state index in [0.29, 0.717) is 23.3 Å². The van der Waals surface area contributed by atoms with Crippen molar-refractivity contribution in [2.75, 3.05) is 18.6 Å². The maximum absolute atomic E-state index is 13.8. The van der Waals surface area contributed by atoms with Gasteiger partial charge in [-0.2, -0.15) is 0 Å². The number of rotatable bonds is 3. The molecule has 2 aromatic heterocycles. The average Bonchev–Trinajstić information content (AvgIpc) is 3.19. The van der Waals surface area contributed by atoms with Crippen molar-refractivity contribution in [3.05, 3.63) is 42.5 Å². The molecule has 0 aliphatic carbocycles. The van der Waals surface area contributed by atoms with Gasteiger partial charge in [0.1, 0.15) is 24.3 Å². The maximum Gasteiger partial charge on any atom is 0.155 e. The van der Waals surface area contributed by atoms with Gasteiger partial charge in [-0.1, -0.05) is 0 Å². The van der Waals surface area contributed by atoms with Gasteiger partial charge in [0.2, 0.25) is 0 Å². The van der Waals surface area contributed by atoms with Crippen LogP contribution in [-0.2, 0) is 11.8 Å². The lowest BCUT2D eigenvalue weighted by molar-refractivity contribution is 0.118. The molecule has 0 bridgehead atoms. The van der Waals surface area contributed by atoms with Crippen LogP contribution in [0.3, 0.4) is 0 Å². The Labute approximate surface area is 138 Å². The summed E-state index contributed by atoms with van der Waals surface area (Å²) in [5.74, 6) is 1.21. The Kier molecular flexibility index (Phi) is 3.61. The molecule has 1 aliphatic rings. The number of anilines is 1. The first-order valence-corrected chi connectivity index (χ1v) is 7.71. The van der Waals surface area contributed by atoms with Gasteiger partial charge < -0.3 is 14.2 Å². The molecule has 4 rings (SSSR count). The fourth-order valence-corrected chi connectivity index (χ4v) is 3.28. The summed E-state index contributed by atoms with van der Waals surface area (Å²) in [6.07, 6.45) is 3.99. The van der Waals surface area contributed by atoms with E-state index in [9.17, 15) is 4.39 Å². The van der Waals surface area contributed by atoms with Crippen LogP contribution >= 0.6 is 0 Å². The predicted octanol–water partition coefficient (Wildman–Crippen LogP) is 1.86. The lowest BCUT2D eigenvalue weighted by Gasteiger charge is -2.25. The number of nitrogens with zero attached hydrogens (tertiary/aromatic N) is 6. The van der Waals surface area contributed by atoms with Crippen LogP contribution in [-0.4, -0.2) is 44.5 Å². The summed E-state index contributed by atoms with van der Waals surface area (Å²) in [5, 5.41) is 8.89. The number of halogens is 1. The fraction of sp³-hybridized carbons (Fsp3) is 0.375. The van der Waals surface area contributed by atoms with Crippen LogP contribution in [0.4, 0.5) is 10.2 Å². The van der Waals surface area contributed by atoms with E-state index >= 15 is 0 Å². The highest BCUT2D eigenvalue weighted by atomic mass is 19.1. The van der Waals surface area contributed by atoms with Gasteiger partial charge in [0.15, 0.2) is 5.82 Å². The first-order chi connectivity index (χ1) is 11.7. The molecule has 0 unspecified atom stereocenters. The van der Waals surface area contributed by atoms with Crippen LogP contribution in [0.1, 0.15) is 18.3 Å². The van der Waals surface area contributed by atoms with E-state index in [1.807, 2.05) is 11.6 Å². The zero-order chi connectivity index (χ0) is 16.7. The number of aryl methyl sites for hydroxylation is 1. The Morgan fingerprint density at radius 3 is 2.92 bits per heavy atom. The second-order valence-corrected chi connectivity index (χ2v) is 5.92. The number of hydrogen-bond acceptors (Lipinski definition) is 6. The largest absolute Gasteiger partial charge is 0.380 e. The second-order valence-electron chi connectivity index (χ2n) is 5.92. The quantitative estimate of drug-likeness (QED) is 0.731. The van der Waals surface area contributed by atoms with Crippen LogP contribution in [0, 0.1) is 5.82 Å². The fourth-order valence-electron chi connectivity index (χ4n) is 3.28. The van der Waals surface area contributed by atoms with Gasteiger partial charge in [-0.15, -0.1) is 10.2 Å². The highest BCUT2D eigenvalue weighted by molar-refractivity contribution is 5.89. The molecule has 1 saturated heterocycles. The van der Waals surface area contributed by atoms with Crippen LogP contribution in [0.2, 0.25) is 0 Å². The zero-order valence-corrected chi connectivity index (χ0v) is 13.4. The number of methoxy groups -OCH3 is 1. The summed E-state index contributed by atoms with van der Waals surface area (Å²) >= 11 is 0. The van der Waals surface area contributed by atoms with Crippen molar-refractivity contribution >= 4 is 16.7 Å². The van der Waals surface area contributed by atoms with Crippen molar-refractivity contribution < 1.29 is 9.13 Å². The lowest BCUT2D eigenvalue weighted by atomic mass is 10.1. The molecule has 1 fully saturated rings. The van der Waals surface area contributed by atoms with Crippen LogP contribution in [0.25, 0.3) is 10.9 Å². The van der Waals surface area contributed by atoms with Crippen molar-refractivity contribution in [1.29, 1.82) is 0 Å². The smallest absolute Gasteiger partial charge is 0.155 e. The summed E-state index contributed by atoms with van der Waals surface area (Å²) in [6.45, 7) is 0.649. The van der Waals surface area contributed by atoms with Gasteiger partial charge >= 0.3 is 0 Å². The minimum absolute atomic E-state index is 0.0381. The number of ether oxygens (including phenoxy) is 1. The monoisotopic (exact) mass is 328 g/mol. The standard InChI is InChI=1S/C16H17FN6O/c1-22-9-20-21-16(22)14-6-11(24-2)7-23(14)15-12-5-10(17)3-4-13(12)18-8-19-15/h3-5,8-9,11,14H,6-7H2,1-2H3/t11-,14+/m1/s1. The number of fused-ring (bicyclic) bond motifs is 1. The van der Waals surface area contributed by atoms with E-state index in [1.54, 1.807) is 19.5 Å². The first-order valence-electron chi connectivity index (χ1n) is 7.71. The Hall–Kier alpha value is -2.61. The molecule has 0 N–H and O–H groups in total. The summed E-state index contributed by atoms with van der Waals surface area (Å²) in [5.41, 5.74) is 0.707. The SMILES string of the molecule is CO[C@@H]1C[C@@H](c2nncn2C)N(c2ncnc3ccc(F)cc23)C1. The average molecular weight is 328 g/mol. The van der Waals surface area contributed by atoms with Crippen molar-refractivity contribution in [2.24, 2.45) is 7.05 Å². The van der Waals surface area contributed by atoms with Gasteiger partial charge in [-0.25, -0.2) is 14.4 Å². The molecular formula is C16H17FN6O. The summed E-state index contributed by atoms with van der Waals surface area (Å²) in [4.78, 5) is 10.8. The van der Waals surface area contributed by atoms with Crippen molar-refractivity contribution in [2.45, 2.75) is 18.6 Å². The molecule has 3 aromatic rings. The normalized spacial score (nSPS) is 20.9. The third-order valence-corrected chi connectivity index (χ3v) is 4.49.